The molecule has 8 heteroatoms. The van der Waals surface area contributed by atoms with Gasteiger partial charge in [0.1, 0.15) is 10.6 Å². The highest BCUT2D eigenvalue weighted by Gasteiger charge is 2.24. The normalized spacial score (nSPS) is 11.2. The Kier molecular flexibility index (Phi) is 8.13. The second-order valence-corrected chi connectivity index (χ2v) is 5.94. The summed E-state index contributed by atoms with van der Waals surface area (Å²) in [6.07, 6.45) is 1.43. The molecule has 1 aromatic heterocycles. The van der Waals surface area contributed by atoms with Gasteiger partial charge in [-0.05, 0) is 25.8 Å². The summed E-state index contributed by atoms with van der Waals surface area (Å²) in [6.45, 7) is 2.96. The van der Waals surface area contributed by atoms with Gasteiger partial charge in [-0.2, -0.15) is 8.78 Å². The maximum absolute atomic E-state index is 12.3. The zero-order valence-corrected chi connectivity index (χ0v) is 13.9. The summed E-state index contributed by atoms with van der Waals surface area (Å²) in [5, 5.41) is 2.69. The van der Waals surface area contributed by atoms with Crippen LogP contribution in [0.4, 0.5) is 8.78 Å². The molecule has 1 heterocycles. The number of thiophene rings is 1. The zero-order chi connectivity index (χ0) is 15.3. The number of ether oxygens (including phenoxy) is 1. The first-order valence-electron chi connectivity index (χ1n) is 6.43. The van der Waals surface area contributed by atoms with Crippen LogP contribution >= 0.6 is 23.7 Å². The van der Waals surface area contributed by atoms with E-state index in [1.807, 2.05) is 13.8 Å². The van der Waals surface area contributed by atoms with Crippen LogP contribution in [0.1, 0.15) is 41.2 Å². The number of hydrogen-bond acceptors (Lipinski definition) is 4. The van der Waals surface area contributed by atoms with Gasteiger partial charge in [-0.3, -0.25) is 4.79 Å². The number of hydrogen-bond donors (Lipinski definition) is 2. The summed E-state index contributed by atoms with van der Waals surface area (Å²) in [5.74, 6) is -0.522. The molecule has 0 bridgehead atoms. The molecule has 21 heavy (non-hydrogen) atoms. The summed E-state index contributed by atoms with van der Waals surface area (Å²) >= 11 is 1.12. The topological polar surface area (TPSA) is 64.3 Å². The maximum atomic E-state index is 12.3. The van der Waals surface area contributed by atoms with E-state index in [0.29, 0.717) is 19.4 Å². The summed E-state index contributed by atoms with van der Waals surface area (Å²) in [7, 11) is 0. The quantitative estimate of drug-likeness (QED) is 0.798. The van der Waals surface area contributed by atoms with Gasteiger partial charge in [0.05, 0.1) is 0 Å². The summed E-state index contributed by atoms with van der Waals surface area (Å²) in [4.78, 5) is 12.9. The van der Waals surface area contributed by atoms with Gasteiger partial charge in [0, 0.05) is 17.0 Å². The van der Waals surface area contributed by atoms with E-state index in [2.05, 4.69) is 10.1 Å². The Bertz CT molecular complexity index is 465. The number of nitrogens with two attached hydrogens (primary N) is 1. The molecule has 0 aromatic carbocycles. The second-order valence-electron chi connectivity index (χ2n) is 4.68. The lowest BCUT2D eigenvalue weighted by Gasteiger charge is -2.26. The molecule has 0 saturated heterocycles. The maximum Gasteiger partial charge on any atom is 0.387 e. The molecule has 0 aliphatic rings. The molecule has 0 fully saturated rings. The molecule has 0 spiro atoms. The van der Waals surface area contributed by atoms with Crippen LogP contribution in [-0.2, 0) is 0 Å². The fourth-order valence-electron chi connectivity index (χ4n) is 1.67. The van der Waals surface area contributed by atoms with Gasteiger partial charge in [0.25, 0.3) is 5.91 Å². The number of carbonyl (C=O) groups excluding carboxylic acids is 1. The lowest BCUT2D eigenvalue weighted by atomic mass is 9.94. The summed E-state index contributed by atoms with van der Waals surface area (Å²) in [6, 6.07) is 1.43. The Morgan fingerprint density at radius 1 is 1.48 bits per heavy atom. The van der Waals surface area contributed by atoms with E-state index < -0.39 is 18.1 Å². The van der Waals surface area contributed by atoms with Crippen LogP contribution in [0, 0.1) is 6.92 Å². The summed E-state index contributed by atoms with van der Waals surface area (Å²) in [5.41, 5.74) is 5.60. The van der Waals surface area contributed by atoms with Crippen molar-refractivity contribution < 1.29 is 18.3 Å². The number of aryl methyl sites for hydroxylation is 1. The fourth-order valence-corrected chi connectivity index (χ4v) is 2.53. The number of halogens is 3. The van der Waals surface area contributed by atoms with Gasteiger partial charge in [0.2, 0.25) is 0 Å². The van der Waals surface area contributed by atoms with Crippen molar-refractivity contribution in [2.45, 2.75) is 45.8 Å². The molecule has 0 radical (unpaired) electrons. The van der Waals surface area contributed by atoms with Crippen molar-refractivity contribution in [2.24, 2.45) is 5.73 Å². The highest BCUT2D eigenvalue weighted by atomic mass is 35.5. The fraction of sp³-hybridized carbons (Fsp3) is 0.615. The molecule has 1 amide bonds. The smallest absolute Gasteiger partial charge is 0.387 e. The predicted molar refractivity (Wildman–Crippen MR) is 82.8 cm³/mol. The molecule has 0 saturated carbocycles. The van der Waals surface area contributed by atoms with Crippen LogP contribution in [0.15, 0.2) is 6.07 Å². The Morgan fingerprint density at radius 3 is 2.52 bits per heavy atom. The predicted octanol–water partition coefficient (Wildman–Crippen LogP) is 3.33. The minimum atomic E-state index is -2.95. The Labute approximate surface area is 133 Å². The monoisotopic (exact) mass is 342 g/mol. The average molecular weight is 343 g/mol. The number of nitrogens with one attached hydrogen (secondary N) is 1. The van der Waals surface area contributed by atoms with E-state index in [1.54, 1.807) is 6.92 Å². The van der Waals surface area contributed by atoms with E-state index >= 15 is 0 Å². The van der Waals surface area contributed by atoms with Crippen molar-refractivity contribution in [3.05, 3.63) is 15.8 Å². The van der Waals surface area contributed by atoms with Crippen LogP contribution < -0.4 is 15.8 Å². The van der Waals surface area contributed by atoms with Gasteiger partial charge >= 0.3 is 6.61 Å². The first-order chi connectivity index (χ1) is 9.31. The number of amides is 1. The molecule has 0 aliphatic carbocycles. The van der Waals surface area contributed by atoms with Crippen LogP contribution in [-0.4, -0.2) is 24.6 Å². The third kappa shape index (κ3) is 5.76. The number of carbonyl (C=O) groups is 1. The minimum absolute atomic E-state index is 0. The van der Waals surface area contributed by atoms with E-state index in [-0.39, 0.29) is 23.0 Å². The first-order valence-corrected chi connectivity index (χ1v) is 7.25. The van der Waals surface area contributed by atoms with E-state index in [4.69, 9.17) is 5.73 Å². The number of rotatable bonds is 7. The van der Waals surface area contributed by atoms with Crippen LogP contribution in [0.2, 0.25) is 0 Å². The zero-order valence-electron chi connectivity index (χ0n) is 12.2. The third-order valence-corrected chi connectivity index (χ3v) is 4.28. The van der Waals surface area contributed by atoms with E-state index in [1.165, 1.54) is 6.07 Å². The average Bonchev–Trinajstić information content (AvgIpc) is 2.75. The van der Waals surface area contributed by atoms with Crippen molar-refractivity contribution in [3.63, 3.8) is 0 Å². The van der Waals surface area contributed by atoms with E-state index in [0.717, 1.165) is 16.2 Å². The van der Waals surface area contributed by atoms with Gasteiger partial charge in [-0.15, -0.1) is 23.7 Å². The highest BCUT2D eigenvalue weighted by Crippen LogP contribution is 2.30. The Balaban J connectivity index is 0.00000400. The molecule has 4 nitrogen and oxygen atoms in total. The SMILES string of the molecule is CCC(N)(CC)CNC(=O)c1sc(C)cc1OC(F)F.Cl. The molecule has 1 aromatic rings. The lowest BCUT2D eigenvalue weighted by molar-refractivity contribution is -0.0498. The lowest BCUT2D eigenvalue weighted by Crippen LogP contribution is -2.49. The third-order valence-electron chi connectivity index (χ3n) is 3.25. The first kappa shape index (κ1) is 20.1. The molecule has 0 aliphatic heterocycles. The van der Waals surface area contributed by atoms with Crippen molar-refractivity contribution in [1.29, 1.82) is 0 Å². The van der Waals surface area contributed by atoms with Crippen molar-refractivity contribution in [1.82, 2.24) is 5.32 Å². The summed E-state index contributed by atoms with van der Waals surface area (Å²) < 4.78 is 28.9. The van der Waals surface area contributed by atoms with Gasteiger partial charge in [-0.25, -0.2) is 0 Å². The highest BCUT2D eigenvalue weighted by molar-refractivity contribution is 7.14. The van der Waals surface area contributed by atoms with Gasteiger partial charge in [0.15, 0.2) is 0 Å². The van der Waals surface area contributed by atoms with Crippen molar-refractivity contribution in [2.75, 3.05) is 6.54 Å². The molecular weight excluding hydrogens is 322 g/mol. The molecule has 0 unspecified atom stereocenters. The standard InChI is InChI=1S/C13H20F2N2O2S.ClH/c1-4-13(16,5-2)7-17-11(18)10-9(19-12(14)15)6-8(3)20-10;/h6,12H,4-5,7,16H2,1-3H3,(H,17,18);1H. The van der Waals surface area contributed by atoms with Gasteiger partial charge in [-0.1, -0.05) is 13.8 Å². The largest absolute Gasteiger partial charge is 0.433 e. The van der Waals surface area contributed by atoms with Gasteiger partial charge < -0.3 is 15.8 Å². The van der Waals surface area contributed by atoms with Crippen molar-refractivity contribution in [3.8, 4) is 5.75 Å². The number of alkyl halides is 2. The second kappa shape index (κ2) is 8.51. The van der Waals surface area contributed by atoms with E-state index in [9.17, 15) is 13.6 Å². The molecule has 1 rings (SSSR count). The molecule has 0 atom stereocenters. The van der Waals surface area contributed by atoms with Crippen LogP contribution in [0.25, 0.3) is 0 Å². The molecular formula is C13H21ClF2N2O2S. The minimum Gasteiger partial charge on any atom is -0.433 e. The molecule has 3 N–H and O–H groups in total. The van der Waals surface area contributed by atoms with Crippen LogP contribution in [0.3, 0.4) is 0 Å². The Hall–Kier alpha value is -0.920. The van der Waals surface area contributed by atoms with Crippen LogP contribution in [0.5, 0.6) is 5.75 Å². The van der Waals surface area contributed by atoms with Crippen molar-refractivity contribution >= 4 is 29.7 Å². The Morgan fingerprint density at radius 2 is 2.05 bits per heavy atom. The molecule has 122 valence electrons.